The van der Waals surface area contributed by atoms with Crippen molar-refractivity contribution in [3.63, 3.8) is 0 Å². The summed E-state index contributed by atoms with van der Waals surface area (Å²) in [6, 6.07) is -0.674. The Morgan fingerprint density at radius 3 is 2.11 bits per heavy atom. The molecule has 19 heavy (non-hydrogen) atoms. The third-order valence-electron chi connectivity index (χ3n) is 3.39. The third-order valence-corrected chi connectivity index (χ3v) is 3.39. The summed E-state index contributed by atoms with van der Waals surface area (Å²) in [7, 11) is 3.15. The second-order valence-electron chi connectivity index (χ2n) is 5.50. The lowest BCUT2D eigenvalue weighted by atomic mass is 9.97. The molecule has 0 aromatic rings. The van der Waals surface area contributed by atoms with E-state index in [1.807, 2.05) is 13.8 Å². The van der Waals surface area contributed by atoms with Gasteiger partial charge < -0.3 is 20.5 Å². The Balaban J connectivity index is 4.67. The highest BCUT2D eigenvalue weighted by Crippen LogP contribution is 2.15. The zero-order valence-corrected chi connectivity index (χ0v) is 13.1. The molecule has 3 N–H and O–H groups in total. The van der Waals surface area contributed by atoms with Gasteiger partial charge in [-0.1, -0.05) is 34.1 Å². The Bertz CT molecular complexity index is 255. The minimum absolute atomic E-state index is 0.141. The van der Waals surface area contributed by atoms with E-state index in [9.17, 15) is 4.79 Å². The summed E-state index contributed by atoms with van der Waals surface area (Å²) in [5.41, 5.74) is 5.90. The molecule has 0 aliphatic carbocycles. The quantitative estimate of drug-likeness (QED) is 0.625. The van der Waals surface area contributed by atoms with Gasteiger partial charge in [-0.05, 0) is 18.3 Å². The van der Waals surface area contributed by atoms with E-state index >= 15 is 0 Å². The van der Waals surface area contributed by atoms with Crippen LogP contribution in [0.3, 0.4) is 0 Å². The molecule has 5 nitrogen and oxygen atoms in total. The summed E-state index contributed by atoms with van der Waals surface area (Å²) in [6.07, 6.45) is 1.14. The van der Waals surface area contributed by atoms with E-state index in [-0.39, 0.29) is 17.9 Å². The smallest absolute Gasteiger partial charge is 0.237 e. The monoisotopic (exact) mass is 274 g/mol. The maximum absolute atomic E-state index is 12.1. The van der Waals surface area contributed by atoms with E-state index in [0.717, 1.165) is 6.42 Å². The number of ether oxygens (including phenoxy) is 2. The molecule has 0 aromatic carbocycles. The average Bonchev–Trinajstić information content (AvgIpc) is 2.36. The number of methoxy groups -OCH3 is 2. The number of nitrogens with one attached hydrogen (secondary N) is 1. The molecule has 0 aliphatic rings. The second-order valence-corrected chi connectivity index (χ2v) is 5.50. The van der Waals surface area contributed by atoms with Gasteiger partial charge in [-0.2, -0.15) is 0 Å². The molecule has 0 fully saturated rings. The van der Waals surface area contributed by atoms with E-state index in [1.54, 1.807) is 14.2 Å². The van der Waals surface area contributed by atoms with Gasteiger partial charge in [0.1, 0.15) is 0 Å². The first-order valence-corrected chi connectivity index (χ1v) is 6.98. The summed E-state index contributed by atoms with van der Waals surface area (Å²) in [4.78, 5) is 12.1. The lowest BCUT2D eigenvalue weighted by molar-refractivity contribution is -0.144. The third kappa shape index (κ3) is 6.36. The summed E-state index contributed by atoms with van der Waals surface area (Å²) >= 11 is 0. The van der Waals surface area contributed by atoms with Crippen molar-refractivity contribution >= 4 is 5.91 Å². The fourth-order valence-electron chi connectivity index (χ4n) is 2.01. The lowest BCUT2D eigenvalue weighted by Crippen LogP contribution is -2.53. The zero-order valence-electron chi connectivity index (χ0n) is 13.1. The molecule has 1 amide bonds. The molecule has 0 heterocycles. The number of carbonyl (C=O) groups is 1. The summed E-state index contributed by atoms with van der Waals surface area (Å²) in [5.74, 6) is 0.502. The van der Waals surface area contributed by atoms with Gasteiger partial charge in [0.25, 0.3) is 0 Å². The Morgan fingerprint density at radius 2 is 1.74 bits per heavy atom. The van der Waals surface area contributed by atoms with Gasteiger partial charge in [-0.25, -0.2) is 0 Å². The SMILES string of the molecule is CCC(C)C(NC(=O)[C@@H](N)CC(C)C)C(OC)OC. The fourth-order valence-corrected chi connectivity index (χ4v) is 2.01. The molecular weight excluding hydrogens is 244 g/mol. The molecule has 0 saturated heterocycles. The largest absolute Gasteiger partial charge is 0.354 e. The Kier molecular flexibility index (Phi) is 8.97. The van der Waals surface area contributed by atoms with Crippen LogP contribution in [-0.2, 0) is 14.3 Å². The topological polar surface area (TPSA) is 73.6 Å². The van der Waals surface area contributed by atoms with Crippen LogP contribution >= 0.6 is 0 Å². The number of hydrogen-bond donors (Lipinski definition) is 2. The van der Waals surface area contributed by atoms with Crippen molar-refractivity contribution in [3.05, 3.63) is 0 Å². The van der Waals surface area contributed by atoms with Gasteiger partial charge in [0, 0.05) is 14.2 Å². The minimum Gasteiger partial charge on any atom is -0.354 e. The molecule has 0 radical (unpaired) electrons. The minimum atomic E-state index is -0.485. The second kappa shape index (κ2) is 9.28. The molecule has 0 saturated carbocycles. The molecule has 0 bridgehead atoms. The van der Waals surface area contributed by atoms with E-state index in [2.05, 4.69) is 19.2 Å². The van der Waals surface area contributed by atoms with Gasteiger partial charge in [-0.3, -0.25) is 4.79 Å². The number of rotatable bonds is 9. The maximum atomic E-state index is 12.1. The molecular formula is C14H30N2O3. The first-order valence-electron chi connectivity index (χ1n) is 6.98. The molecule has 114 valence electrons. The normalized spacial score (nSPS) is 16.5. The molecule has 3 atom stereocenters. The molecule has 2 unspecified atom stereocenters. The van der Waals surface area contributed by atoms with Crippen LogP contribution in [0.15, 0.2) is 0 Å². The Hall–Kier alpha value is -0.650. The number of carbonyl (C=O) groups excluding carboxylic acids is 1. The summed E-state index contributed by atoms with van der Waals surface area (Å²) in [5, 5.41) is 2.96. The van der Waals surface area contributed by atoms with E-state index in [0.29, 0.717) is 12.3 Å². The van der Waals surface area contributed by atoms with Crippen LogP contribution in [0.25, 0.3) is 0 Å². The molecule has 0 spiro atoms. The maximum Gasteiger partial charge on any atom is 0.237 e. The first kappa shape index (κ1) is 18.4. The van der Waals surface area contributed by atoms with Gasteiger partial charge in [0.05, 0.1) is 12.1 Å². The molecule has 5 heteroatoms. The van der Waals surface area contributed by atoms with Crippen LogP contribution in [0.4, 0.5) is 0 Å². The van der Waals surface area contributed by atoms with Crippen molar-refractivity contribution in [1.29, 1.82) is 0 Å². The molecule has 0 aliphatic heterocycles. The highest BCUT2D eigenvalue weighted by atomic mass is 16.7. The van der Waals surface area contributed by atoms with Gasteiger partial charge >= 0.3 is 0 Å². The van der Waals surface area contributed by atoms with Crippen LogP contribution in [0.2, 0.25) is 0 Å². The Labute approximate surface area is 117 Å². The zero-order chi connectivity index (χ0) is 15.0. The van der Waals surface area contributed by atoms with E-state index in [1.165, 1.54) is 0 Å². The van der Waals surface area contributed by atoms with Crippen molar-refractivity contribution in [3.8, 4) is 0 Å². The van der Waals surface area contributed by atoms with Crippen molar-refractivity contribution in [2.24, 2.45) is 17.6 Å². The average molecular weight is 274 g/mol. The highest BCUT2D eigenvalue weighted by Gasteiger charge is 2.29. The molecule has 0 aromatic heterocycles. The first-order chi connectivity index (χ1) is 8.87. The van der Waals surface area contributed by atoms with Crippen molar-refractivity contribution in [2.45, 2.75) is 58.9 Å². The Morgan fingerprint density at radius 1 is 1.21 bits per heavy atom. The van der Waals surface area contributed by atoms with Gasteiger partial charge in [0.2, 0.25) is 5.91 Å². The standard InChI is InChI=1S/C14H30N2O3/c1-7-10(4)12(14(18-5)19-6)16-13(17)11(15)8-9(2)3/h9-12,14H,7-8,15H2,1-6H3,(H,16,17)/t10?,11-,12?/m0/s1. The van der Waals surface area contributed by atoms with Gasteiger partial charge in [0.15, 0.2) is 6.29 Å². The summed E-state index contributed by atoms with van der Waals surface area (Å²) in [6.45, 7) is 8.23. The van der Waals surface area contributed by atoms with E-state index in [4.69, 9.17) is 15.2 Å². The van der Waals surface area contributed by atoms with Crippen molar-refractivity contribution in [2.75, 3.05) is 14.2 Å². The summed E-state index contributed by atoms with van der Waals surface area (Å²) < 4.78 is 10.5. The van der Waals surface area contributed by atoms with Crippen LogP contribution in [0, 0.1) is 11.8 Å². The predicted octanol–water partition coefficient (Wildman–Crippen LogP) is 1.51. The highest BCUT2D eigenvalue weighted by molar-refractivity contribution is 5.81. The predicted molar refractivity (Wildman–Crippen MR) is 76.6 cm³/mol. The molecule has 0 rings (SSSR count). The lowest BCUT2D eigenvalue weighted by Gasteiger charge is -2.31. The van der Waals surface area contributed by atoms with Crippen LogP contribution in [0.5, 0.6) is 0 Å². The van der Waals surface area contributed by atoms with Gasteiger partial charge in [-0.15, -0.1) is 0 Å². The van der Waals surface area contributed by atoms with Crippen molar-refractivity contribution in [1.82, 2.24) is 5.32 Å². The van der Waals surface area contributed by atoms with Crippen LogP contribution < -0.4 is 11.1 Å². The van der Waals surface area contributed by atoms with Crippen molar-refractivity contribution < 1.29 is 14.3 Å². The number of nitrogens with two attached hydrogens (primary N) is 1. The van der Waals surface area contributed by atoms with Crippen LogP contribution in [-0.4, -0.2) is 38.5 Å². The van der Waals surface area contributed by atoms with Crippen LogP contribution in [0.1, 0.15) is 40.5 Å². The van der Waals surface area contributed by atoms with E-state index < -0.39 is 12.3 Å². The number of amides is 1. The number of hydrogen-bond acceptors (Lipinski definition) is 4. The fraction of sp³-hybridized carbons (Fsp3) is 0.929.